The number of phenolic OH excluding ortho intramolecular Hbond substituents is 1. The summed E-state index contributed by atoms with van der Waals surface area (Å²) in [5, 5.41) is 14.3. The quantitative estimate of drug-likeness (QED) is 0.308. The number of ether oxygens (including phenoxy) is 1. The number of phenols is 1. The lowest BCUT2D eigenvalue weighted by molar-refractivity contribution is -0.134. The Morgan fingerprint density at radius 3 is 2.36 bits per heavy atom. The van der Waals surface area contributed by atoms with Crippen molar-refractivity contribution in [3.05, 3.63) is 54.1 Å². The van der Waals surface area contributed by atoms with Gasteiger partial charge < -0.3 is 9.84 Å². The van der Waals surface area contributed by atoms with Gasteiger partial charge in [0.2, 0.25) is 0 Å². The Kier molecular flexibility index (Phi) is 6.92. The van der Waals surface area contributed by atoms with E-state index in [9.17, 15) is 9.90 Å². The van der Waals surface area contributed by atoms with Gasteiger partial charge in [0.15, 0.2) is 5.60 Å². The number of amides is 1. The molecule has 25 heavy (non-hydrogen) atoms. The number of hydrogen-bond donors (Lipinski definition) is 2. The van der Waals surface area contributed by atoms with E-state index in [1.54, 1.807) is 50.2 Å². The highest BCUT2D eigenvalue weighted by molar-refractivity contribution is 14.1. The molecule has 0 saturated carbocycles. The first-order chi connectivity index (χ1) is 11.7. The van der Waals surface area contributed by atoms with E-state index in [2.05, 4.69) is 10.5 Å². The van der Waals surface area contributed by atoms with E-state index in [0.717, 1.165) is 5.56 Å². The first-order valence-electron chi connectivity index (χ1n) is 7.15. The van der Waals surface area contributed by atoms with Gasteiger partial charge in [-0.25, -0.2) is 5.43 Å². The average Bonchev–Trinajstić information content (AvgIpc) is 2.54. The van der Waals surface area contributed by atoms with Gasteiger partial charge in [-0.2, -0.15) is 5.10 Å². The van der Waals surface area contributed by atoms with Crippen LogP contribution in [0.3, 0.4) is 0 Å². The lowest BCUT2D eigenvalue weighted by atomic mass is 10.1. The van der Waals surface area contributed by atoms with Crippen molar-refractivity contribution in [3.8, 4) is 11.5 Å². The topological polar surface area (TPSA) is 70.9 Å². The van der Waals surface area contributed by atoms with Crippen LogP contribution in [0.2, 0.25) is 5.02 Å². The van der Waals surface area contributed by atoms with Crippen molar-refractivity contribution in [2.45, 2.75) is 19.4 Å². The maximum atomic E-state index is 12.3. The van der Waals surface area contributed by atoms with Gasteiger partial charge in [-0.05, 0) is 101 Å². The van der Waals surface area contributed by atoms with E-state index in [1.165, 1.54) is 6.21 Å². The predicted molar refractivity (Wildman–Crippen MR) is 115 cm³/mol. The number of aromatic hydroxyl groups is 1. The Morgan fingerprint density at radius 2 is 1.80 bits per heavy atom. The molecule has 2 N–H and O–H groups in total. The first-order valence-corrected chi connectivity index (χ1v) is 9.68. The summed E-state index contributed by atoms with van der Waals surface area (Å²) in [6, 6.07) is 10.3. The van der Waals surface area contributed by atoms with Gasteiger partial charge >= 0.3 is 0 Å². The highest BCUT2D eigenvalue weighted by atomic mass is 127. The van der Waals surface area contributed by atoms with Crippen LogP contribution in [0, 0.1) is 7.14 Å². The second-order valence-corrected chi connectivity index (χ2v) is 8.36. The van der Waals surface area contributed by atoms with Crippen LogP contribution in [0.5, 0.6) is 11.5 Å². The fourth-order valence-corrected chi connectivity index (χ4v) is 3.75. The predicted octanol–water partition coefficient (Wildman–Crippen LogP) is 4.56. The molecule has 1 amide bonds. The molecule has 8 heteroatoms. The third kappa shape index (κ3) is 5.71. The smallest absolute Gasteiger partial charge is 0.283 e. The number of carbonyl (C=O) groups is 1. The van der Waals surface area contributed by atoms with Crippen LogP contribution in [-0.4, -0.2) is 22.8 Å². The molecule has 2 aromatic carbocycles. The SMILES string of the molecule is CC(C)(Oc1ccc(Cl)cc1)C(=O)NN=Cc1cc(I)c(O)c(I)c1. The maximum absolute atomic E-state index is 12.3. The van der Waals surface area contributed by atoms with Crippen molar-refractivity contribution in [2.24, 2.45) is 5.10 Å². The minimum Gasteiger partial charge on any atom is -0.506 e. The largest absolute Gasteiger partial charge is 0.506 e. The molecule has 0 aromatic heterocycles. The molecule has 2 rings (SSSR count). The molecule has 0 fully saturated rings. The summed E-state index contributed by atoms with van der Waals surface area (Å²) >= 11 is 9.90. The molecule has 0 spiro atoms. The molecule has 0 unspecified atom stereocenters. The second kappa shape index (κ2) is 8.54. The summed E-state index contributed by atoms with van der Waals surface area (Å²) in [5.74, 6) is 0.387. The molecule has 0 aliphatic rings. The number of rotatable bonds is 5. The number of hydrazone groups is 1. The van der Waals surface area contributed by atoms with Crippen LogP contribution in [0.4, 0.5) is 0 Å². The monoisotopic (exact) mass is 584 g/mol. The molecular formula is C17H15ClI2N2O3. The zero-order chi connectivity index (χ0) is 18.6. The lowest BCUT2D eigenvalue weighted by Crippen LogP contribution is -2.44. The zero-order valence-corrected chi connectivity index (χ0v) is 18.5. The maximum Gasteiger partial charge on any atom is 0.283 e. The van der Waals surface area contributed by atoms with E-state index >= 15 is 0 Å². The van der Waals surface area contributed by atoms with E-state index in [1.807, 2.05) is 45.2 Å². The summed E-state index contributed by atoms with van der Waals surface area (Å²) in [7, 11) is 0. The van der Waals surface area contributed by atoms with Crippen molar-refractivity contribution in [3.63, 3.8) is 0 Å². The molecule has 0 heterocycles. The van der Waals surface area contributed by atoms with Crippen molar-refractivity contribution in [2.75, 3.05) is 0 Å². The summed E-state index contributed by atoms with van der Waals surface area (Å²) < 4.78 is 7.12. The highest BCUT2D eigenvalue weighted by Crippen LogP contribution is 2.26. The fourth-order valence-electron chi connectivity index (χ4n) is 1.80. The van der Waals surface area contributed by atoms with Crippen molar-refractivity contribution in [1.29, 1.82) is 0 Å². The molecule has 0 radical (unpaired) electrons. The van der Waals surface area contributed by atoms with Crippen LogP contribution in [-0.2, 0) is 4.79 Å². The van der Waals surface area contributed by atoms with Crippen LogP contribution >= 0.6 is 56.8 Å². The highest BCUT2D eigenvalue weighted by Gasteiger charge is 2.29. The minimum atomic E-state index is -1.11. The Bertz CT molecular complexity index is 785. The Hall–Kier alpha value is -1.07. The third-order valence-electron chi connectivity index (χ3n) is 3.15. The van der Waals surface area contributed by atoms with Crippen LogP contribution in [0.15, 0.2) is 41.5 Å². The van der Waals surface area contributed by atoms with Gasteiger partial charge in [-0.15, -0.1) is 0 Å². The van der Waals surface area contributed by atoms with E-state index in [4.69, 9.17) is 16.3 Å². The molecule has 0 saturated heterocycles. The van der Waals surface area contributed by atoms with Gasteiger partial charge in [0.25, 0.3) is 5.91 Å². The Labute approximate surface area is 178 Å². The number of nitrogens with one attached hydrogen (secondary N) is 1. The van der Waals surface area contributed by atoms with Gasteiger partial charge in [-0.1, -0.05) is 11.6 Å². The Morgan fingerprint density at radius 1 is 1.24 bits per heavy atom. The molecule has 132 valence electrons. The molecule has 5 nitrogen and oxygen atoms in total. The molecule has 0 aliphatic carbocycles. The van der Waals surface area contributed by atoms with Crippen molar-refractivity contribution < 1.29 is 14.6 Å². The number of halogens is 3. The van der Waals surface area contributed by atoms with Crippen LogP contribution in [0.1, 0.15) is 19.4 Å². The summed E-state index contributed by atoms with van der Waals surface area (Å²) in [5.41, 5.74) is 2.13. The van der Waals surface area contributed by atoms with E-state index < -0.39 is 5.60 Å². The van der Waals surface area contributed by atoms with Crippen molar-refractivity contribution in [1.82, 2.24) is 5.43 Å². The summed E-state index contributed by atoms with van der Waals surface area (Å²) in [6.45, 7) is 3.30. The van der Waals surface area contributed by atoms with E-state index in [0.29, 0.717) is 17.9 Å². The average molecular weight is 585 g/mol. The van der Waals surface area contributed by atoms with Gasteiger partial charge in [-0.3, -0.25) is 4.79 Å². The van der Waals surface area contributed by atoms with Gasteiger partial charge in [0.05, 0.1) is 13.4 Å². The Balaban J connectivity index is 2.01. The van der Waals surface area contributed by atoms with Crippen molar-refractivity contribution >= 4 is 68.9 Å². The minimum absolute atomic E-state index is 0.236. The third-order valence-corrected chi connectivity index (χ3v) is 5.05. The normalized spacial score (nSPS) is 11.6. The molecule has 2 aromatic rings. The molecular weight excluding hydrogens is 569 g/mol. The molecule has 0 atom stereocenters. The van der Waals surface area contributed by atoms with Crippen LogP contribution < -0.4 is 10.2 Å². The summed E-state index contributed by atoms with van der Waals surface area (Å²) in [6.07, 6.45) is 1.51. The number of carbonyl (C=O) groups excluding carboxylic acids is 1. The number of benzene rings is 2. The standard InChI is InChI=1S/C17H15ClI2N2O3/c1-17(2,25-12-5-3-11(18)4-6-12)16(24)22-21-9-10-7-13(19)15(23)14(20)8-10/h3-9,23H,1-2H3,(H,22,24). The van der Waals surface area contributed by atoms with E-state index in [-0.39, 0.29) is 11.7 Å². The number of hydrogen-bond acceptors (Lipinski definition) is 4. The van der Waals surface area contributed by atoms with Crippen LogP contribution in [0.25, 0.3) is 0 Å². The molecule has 0 bridgehead atoms. The molecule has 0 aliphatic heterocycles. The second-order valence-electron chi connectivity index (χ2n) is 5.60. The fraction of sp³-hybridized carbons (Fsp3) is 0.176. The first kappa shape index (κ1) is 20.2. The van der Waals surface area contributed by atoms with Gasteiger partial charge in [0.1, 0.15) is 11.5 Å². The zero-order valence-electron chi connectivity index (χ0n) is 13.4. The lowest BCUT2D eigenvalue weighted by Gasteiger charge is -2.24. The summed E-state index contributed by atoms with van der Waals surface area (Å²) in [4.78, 5) is 12.3. The number of nitrogens with zero attached hydrogens (tertiary/aromatic N) is 1. The van der Waals surface area contributed by atoms with Gasteiger partial charge in [0, 0.05) is 5.02 Å².